The second kappa shape index (κ2) is 12.2. The number of carboxylic acids is 1. The van der Waals surface area contributed by atoms with Crippen LogP contribution in [0.15, 0.2) is 11.6 Å². The summed E-state index contributed by atoms with van der Waals surface area (Å²) < 4.78 is 0. The zero-order valence-electron chi connectivity index (χ0n) is 16.0. The van der Waals surface area contributed by atoms with Gasteiger partial charge in [-0.05, 0) is 44.9 Å². The van der Waals surface area contributed by atoms with E-state index < -0.39 is 12.1 Å². The molecule has 0 radical (unpaired) electrons. The molecule has 144 valence electrons. The summed E-state index contributed by atoms with van der Waals surface area (Å²) in [7, 11) is 0. The van der Waals surface area contributed by atoms with Crippen LogP contribution in [0, 0.1) is 11.8 Å². The average Bonchev–Trinajstić information content (AvgIpc) is 2.82. The fourth-order valence-corrected chi connectivity index (χ4v) is 3.80. The number of aliphatic hydroxyl groups is 1. The summed E-state index contributed by atoms with van der Waals surface area (Å²) in [6.45, 7) is 4.35. The first-order valence-electron chi connectivity index (χ1n) is 10.0. The predicted molar refractivity (Wildman–Crippen MR) is 100 cm³/mol. The van der Waals surface area contributed by atoms with Gasteiger partial charge in [-0.25, -0.2) is 0 Å². The number of carbonyl (C=O) groups excluding carboxylic acids is 1. The molecule has 0 saturated heterocycles. The van der Waals surface area contributed by atoms with Gasteiger partial charge in [0, 0.05) is 18.8 Å². The quantitative estimate of drug-likeness (QED) is 0.365. The highest BCUT2D eigenvalue weighted by atomic mass is 16.4. The number of ketones is 1. The number of carboxylic acid groups (broad SMARTS) is 1. The van der Waals surface area contributed by atoms with E-state index in [1.54, 1.807) is 0 Å². The van der Waals surface area contributed by atoms with Crippen molar-refractivity contribution >= 4 is 11.8 Å². The number of carbonyl (C=O) groups is 2. The Hall–Kier alpha value is -1.16. The molecule has 0 aromatic carbocycles. The van der Waals surface area contributed by atoms with Crippen LogP contribution in [0.25, 0.3) is 0 Å². The first kappa shape index (κ1) is 21.9. The summed E-state index contributed by atoms with van der Waals surface area (Å²) in [5, 5.41) is 18.9. The van der Waals surface area contributed by atoms with Gasteiger partial charge in [0.1, 0.15) is 5.78 Å². The lowest BCUT2D eigenvalue weighted by molar-refractivity contribution is -0.137. The first-order chi connectivity index (χ1) is 12.0. The molecule has 1 fully saturated rings. The number of aliphatic hydroxyl groups excluding tert-OH is 1. The first-order valence-corrected chi connectivity index (χ1v) is 10.0. The Morgan fingerprint density at radius 1 is 1.12 bits per heavy atom. The van der Waals surface area contributed by atoms with E-state index in [2.05, 4.69) is 19.9 Å². The molecule has 4 nitrogen and oxygen atoms in total. The topological polar surface area (TPSA) is 74.6 Å². The number of aliphatic carboxylic acids is 1. The van der Waals surface area contributed by atoms with Gasteiger partial charge in [0.2, 0.25) is 0 Å². The Labute approximate surface area is 152 Å². The number of hydrogen-bond acceptors (Lipinski definition) is 3. The van der Waals surface area contributed by atoms with Crippen LogP contribution in [-0.4, -0.2) is 28.1 Å². The molecular formula is C21H36O4. The van der Waals surface area contributed by atoms with E-state index in [9.17, 15) is 14.7 Å². The van der Waals surface area contributed by atoms with E-state index in [-0.39, 0.29) is 24.0 Å². The lowest BCUT2D eigenvalue weighted by Crippen LogP contribution is -2.20. The molecule has 4 heteroatoms. The molecule has 0 aliphatic heterocycles. The van der Waals surface area contributed by atoms with Gasteiger partial charge in [-0.2, -0.15) is 0 Å². The average molecular weight is 353 g/mol. The predicted octanol–water partition coefficient (Wildman–Crippen LogP) is 4.89. The molecule has 25 heavy (non-hydrogen) atoms. The Morgan fingerprint density at radius 3 is 2.48 bits per heavy atom. The van der Waals surface area contributed by atoms with Crippen LogP contribution in [0.3, 0.4) is 0 Å². The van der Waals surface area contributed by atoms with E-state index in [4.69, 9.17) is 5.11 Å². The Kier molecular flexibility index (Phi) is 10.7. The molecule has 0 aromatic heterocycles. The highest BCUT2D eigenvalue weighted by Crippen LogP contribution is 2.36. The van der Waals surface area contributed by atoms with Gasteiger partial charge in [0.25, 0.3) is 0 Å². The Balaban J connectivity index is 2.38. The summed E-state index contributed by atoms with van der Waals surface area (Å²) >= 11 is 0. The zero-order chi connectivity index (χ0) is 18.7. The number of allylic oxidation sites excluding steroid dienone is 2. The van der Waals surface area contributed by atoms with Gasteiger partial charge in [0.15, 0.2) is 0 Å². The van der Waals surface area contributed by atoms with Crippen LogP contribution in [0.2, 0.25) is 0 Å². The molecule has 0 aromatic rings. The second-order valence-electron chi connectivity index (χ2n) is 7.60. The van der Waals surface area contributed by atoms with Crippen molar-refractivity contribution in [2.75, 3.05) is 0 Å². The highest BCUT2D eigenvalue weighted by molar-refractivity contribution is 5.84. The van der Waals surface area contributed by atoms with Crippen molar-refractivity contribution in [2.45, 2.75) is 97.0 Å². The molecule has 0 bridgehead atoms. The Bertz CT molecular complexity index is 441. The fourth-order valence-electron chi connectivity index (χ4n) is 3.80. The maximum absolute atomic E-state index is 12.2. The van der Waals surface area contributed by atoms with Crippen LogP contribution < -0.4 is 0 Å². The molecule has 0 amide bonds. The summed E-state index contributed by atoms with van der Waals surface area (Å²) in [6.07, 6.45) is 12.2. The van der Waals surface area contributed by atoms with Crippen LogP contribution in [0.1, 0.15) is 90.9 Å². The van der Waals surface area contributed by atoms with Crippen LogP contribution >= 0.6 is 0 Å². The monoisotopic (exact) mass is 352 g/mol. The molecular weight excluding hydrogens is 316 g/mol. The van der Waals surface area contributed by atoms with Gasteiger partial charge in [0.05, 0.1) is 6.10 Å². The van der Waals surface area contributed by atoms with Gasteiger partial charge < -0.3 is 10.2 Å². The number of hydrogen-bond donors (Lipinski definition) is 2. The zero-order valence-corrected chi connectivity index (χ0v) is 16.0. The van der Waals surface area contributed by atoms with Crippen LogP contribution in [0.4, 0.5) is 0 Å². The van der Waals surface area contributed by atoms with Crippen molar-refractivity contribution in [3.63, 3.8) is 0 Å². The van der Waals surface area contributed by atoms with E-state index in [0.29, 0.717) is 12.8 Å². The lowest BCUT2D eigenvalue weighted by Gasteiger charge is -2.20. The van der Waals surface area contributed by atoms with E-state index in [1.165, 1.54) is 24.8 Å². The fraction of sp³-hybridized carbons (Fsp3) is 0.810. The lowest BCUT2D eigenvalue weighted by atomic mass is 9.86. The van der Waals surface area contributed by atoms with Gasteiger partial charge in [-0.15, -0.1) is 0 Å². The third-order valence-electron chi connectivity index (χ3n) is 5.40. The molecule has 0 spiro atoms. The number of unbranched alkanes of at least 4 members (excludes halogenated alkanes) is 5. The normalized spacial score (nSPS) is 24.0. The van der Waals surface area contributed by atoms with Gasteiger partial charge >= 0.3 is 5.97 Å². The standard InChI is InChI=1S/C21H36O4/c1-3-4-7-10-16(2)13-14-18-17(19(22)15-20(18)23)11-8-5-6-9-12-21(24)25/h13,17-18,20,23H,3-12,14-15H2,1-2H3,(H,24,25)/b16-13+/t17-,18-,20-/m1/s1. The van der Waals surface area contributed by atoms with Gasteiger partial charge in [-0.3, -0.25) is 9.59 Å². The van der Waals surface area contributed by atoms with Crippen molar-refractivity contribution in [1.82, 2.24) is 0 Å². The molecule has 0 unspecified atom stereocenters. The second-order valence-corrected chi connectivity index (χ2v) is 7.60. The van der Waals surface area contributed by atoms with Crippen molar-refractivity contribution in [3.8, 4) is 0 Å². The van der Waals surface area contributed by atoms with Crippen molar-refractivity contribution in [1.29, 1.82) is 0 Å². The molecule has 0 heterocycles. The Morgan fingerprint density at radius 2 is 1.80 bits per heavy atom. The largest absolute Gasteiger partial charge is 0.481 e. The SMILES string of the molecule is CCCCC/C(C)=C/C[C@H]1[C@H](O)CC(=O)[C@@H]1CCCCCCC(=O)O. The third kappa shape index (κ3) is 8.66. The maximum atomic E-state index is 12.2. The minimum atomic E-state index is -0.741. The summed E-state index contributed by atoms with van der Waals surface area (Å²) in [4.78, 5) is 22.7. The highest BCUT2D eigenvalue weighted by Gasteiger charge is 2.40. The minimum absolute atomic E-state index is 0.0193. The van der Waals surface area contributed by atoms with Crippen LogP contribution in [0.5, 0.6) is 0 Å². The molecule has 3 atom stereocenters. The molecule has 1 aliphatic rings. The molecule has 1 rings (SSSR count). The molecule has 1 saturated carbocycles. The van der Waals surface area contributed by atoms with Gasteiger partial charge in [-0.1, -0.05) is 50.7 Å². The van der Waals surface area contributed by atoms with E-state index in [1.807, 2.05) is 0 Å². The summed E-state index contributed by atoms with van der Waals surface area (Å²) in [5.74, 6) is -0.489. The smallest absolute Gasteiger partial charge is 0.303 e. The molecule has 1 aliphatic carbocycles. The van der Waals surface area contributed by atoms with Crippen molar-refractivity contribution in [2.24, 2.45) is 11.8 Å². The van der Waals surface area contributed by atoms with E-state index in [0.717, 1.165) is 38.5 Å². The van der Waals surface area contributed by atoms with Crippen LogP contribution in [-0.2, 0) is 9.59 Å². The summed E-state index contributed by atoms with van der Waals surface area (Å²) in [6, 6.07) is 0. The van der Waals surface area contributed by atoms with E-state index >= 15 is 0 Å². The van der Waals surface area contributed by atoms with Crippen molar-refractivity contribution < 1.29 is 19.8 Å². The minimum Gasteiger partial charge on any atom is -0.481 e. The van der Waals surface area contributed by atoms with Crippen molar-refractivity contribution in [3.05, 3.63) is 11.6 Å². The number of Topliss-reactive ketones (excluding diaryl/α,β-unsaturated/α-hetero) is 1. The molecule has 2 N–H and O–H groups in total. The third-order valence-corrected chi connectivity index (χ3v) is 5.40. The maximum Gasteiger partial charge on any atom is 0.303 e. The summed E-state index contributed by atoms with van der Waals surface area (Å²) in [5.41, 5.74) is 1.37. The number of rotatable bonds is 13.